The van der Waals surface area contributed by atoms with E-state index in [1.54, 1.807) is 18.0 Å². The fourth-order valence-electron chi connectivity index (χ4n) is 5.60. The highest BCUT2D eigenvalue weighted by Crippen LogP contribution is 2.39. The van der Waals surface area contributed by atoms with Crippen molar-refractivity contribution in [3.05, 3.63) is 51.9 Å². The van der Waals surface area contributed by atoms with Crippen molar-refractivity contribution in [2.24, 2.45) is 5.92 Å². The number of nitrogens with one attached hydrogen (secondary N) is 1. The Morgan fingerprint density at radius 3 is 2.50 bits per heavy atom. The van der Waals surface area contributed by atoms with Crippen molar-refractivity contribution in [1.82, 2.24) is 9.78 Å². The quantitative estimate of drug-likeness (QED) is 0.592. The van der Waals surface area contributed by atoms with Gasteiger partial charge in [0.1, 0.15) is 5.02 Å². The van der Waals surface area contributed by atoms with E-state index in [2.05, 4.69) is 45.6 Å². The molecular weight excluding hydrogens is 452 g/mol. The topological polar surface area (TPSA) is 68.6 Å². The summed E-state index contributed by atoms with van der Waals surface area (Å²) < 4.78 is 12.8. The number of hydrogen-bond donors (Lipinski definition) is 1. The predicted octanol–water partition coefficient (Wildman–Crippen LogP) is 4.51. The first-order valence-electron chi connectivity index (χ1n) is 12.6. The van der Waals surface area contributed by atoms with Gasteiger partial charge in [-0.1, -0.05) is 29.8 Å². The molecule has 8 heteroatoms. The third-order valence-electron chi connectivity index (χ3n) is 7.61. The fraction of sp³-hybridized carbons (Fsp3) is 0.615. The van der Waals surface area contributed by atoms with Crippen LogP contribution >= 0.6 is 11.6 Å². The van der Waals surface area contributed by atoms with Crippen LogP contribution in [0.25, 0.3) is 0 Å². The van der Waals surface area contributed by atoms with E-state index >= 15 is 0 Å². The van der Waals surface area contributed by atoms with Crippen LogP contribution in [0.5, 0.6) is 0 Å². The Labute approximate surface area is 206 Å². The summed E-state index contributed by atoms with van der Waals surface area (Å²) >= 11 is 6.51. The maximum absolute atomic E-state index is 13.1. The van der Waals surface area contributed by atoms with Gasteiger partial charge in [0.05, 0.1) is 30.6 Å². The highest BCUT2D eigenvalue weighted by molar-refractivity contribution is 6.32. The Morgan fingerprint density at radius 2 is 1.82 bits per heavy atom. The standard InChI is InChI=1S/C26H35ClN4O3/c1-33-24-13-14-34-17-18(24)15-28-23-16-29-31(26(32)25(23)27)22-11-9-21(10-12-22)30(20-7-8-20)19-5-3-2-4-6-19/h2-6,16,18,20-22,24,28H,7-15,17H2,1H3/t18-,21-,22-,24-/m0/s1. The Hall–Kier alpha value is -2.09. The minimum atomic E-state index is -0.208. The number of ether oxygens (including phenoxy) is 2. The van der Waals surface area contributed by atoms with Gasteiger partial charge in [-0.3, -0.25) is 4.79 Å². The van der Waals surface area contributed by atoms with E-state index in [-0.39, 0.29) is 28.6 Å². The molecule has 1 N–H and O–H groups in total. The average molecular weight is 487 g/mol. The molecule has 2 atom stereocenters. The average Bonchev–Trinajstić information content (AvgIpc) is 3.72. The van der Waals surface area contributed by atoms with E-state index in [0.29, 0.717) is 30.9 Å². The van der Waals surface area contributed by atoms with Gasteiger partial charge in [0, 0.05) is 44.0 Å². The van der Waals surface area contributed by atoms with Gasteiger partial charge in [-0.05, 0) is 57.1 Å². The smallest absolute Gasteiger partial charge is 0.287 e. The van der Waals surface area contributed by atoms with Gasteiger partial charge in [-0.25, -0.2) is 4.68 Å². The van der Waals surface area contributed by atoms with Crippen LogP contribution in [0.15, 0.2) is 41.3 Å². The van der Waals surface area contributed by atoms with Gasteiger partial charge in [-0.15, -0.1) is 0 Å². The number of aromatic nitrogens is 2. The third kappa shape index (κ3) is 5.11. The number of para-hydroxylation sites is 1. The molecule has 0 unspecified atom stereocenters. The van der Waals surface area contributed by atoms with Crippen LogP contribution in [-0.4, -0.2) is 54.8 Å². The Bertz CT molecular complexity index is 1000. The maximum Gasteiger partial charge on any atom is 0.287 e. The molecule has 1 aliphatic heterocycles. The molecule has 0 radical (unpaired) electrons. The first-order valence-corrected chi connectivity index (χ1v) is 13.0. The lowest BCUT2D eigenvalue weighted by molar-refractivity contribution is -0.0512. The number of nitrogens with zero attached hydrogens (tertiary/aromatic N) is 3. The SMILES string of the molecule is CO[C@H]1CCOC[C@@H]1CNc1cnn([C@H]2CC[C@H](N(c3ccccc3)C3CC3)CC2)c(=O)c1Cl. The lowest BCUT2D eigenvalue weighted by atomic mass is 9.89. The molecule has 1 aromatic carbocycles. The first-order chi connectivity index (χ1) is 16.7. The number of rotatable bonds is 8. The van der Waals surface area contributed by atoms with Gasteiger partial charge < -0.3 is 19.7 Å². The highest BCUT2D eigenvalue weighted by atomic mass is 35.5. The molecule has 2 heterocycles. The van der Waals surface area contributed by atoms with Crippen molar-refractivity contribution >= 4 is 23.0 Å². The lowest BCUT2D eigenvalue weighted by Gasteiger charge is -2.39. The number of hydrogen-bond acceptors (Lipinski definition) is 6. The van der Waals surface area contributed by atoms with E-state index < -0.39 is 0 Å². The fourth-order valence-corrected chi connectivity index (χ4v) is 5.80. The molecule has 7 nitrogen and oxygen atoms in total. The molecule has 184 valence electrons. The van der Waals surface area contributed by atoms with Crippen molar-refractivity contribution in [1.29, 1.82) is 0 Å². The van der Waals surface area contributed by atoms with E-state index in [1.807, 2.05) is 0 Å². The number of anilines is 2. The Morgan fingerprint density at radius 1 is 1.12 bits per heavy atom. The molecule has 1 aromatic heterocycles. The molecule has 3 fully saturated rings. The summed E-state index contributed by atoms with van der Waals surface area (Å²) in [5.74, 6) is 0.214. The van der Waals surface area contributed by atoms with Crippen molar-refractivity contribution in [3.63, 3.8) is 0 Å². The van der Waals surface area contributed by atoms with Gasteiger partial charge in [0.25, 0.3) is 5.56 Å². The summed E-state index contributed by atoms with van der Waals surface area (Å²) in [4.78, 5) is 15.7. The van der Waals surface area contributed by atoms with Crippen LogP contribution in [0.2, 0.25) is 5.02 Å². The molecule has 0 spiro atoms. The number of halogens is 1. The minimum absolute atomic E-state index is 0.0942. The zero-order valence-electron chi connectivity index (χ0n) is 19.9. The molecular formula is C26H35ClN4O3. The van der Waals surface area contributed by atoms with Gasteiger partial charge in [0.2, 0.25) is 0 Å². The molecule has 2 aromatic rings. The van der Waals surface area contributed by atoms with Crippen molar-refractivity contribution in [2.45, 2.75) is 69.2 Å². The van der Waals surface area contributed by atoms with E-state index in [0.717, 1.165) is 38.7 Å². The zero-order chi connectivity index (χ0) is 23.5. The van der Waals surface area contributed by atoms with Crippen molar-refractivity contribution < 1.29 is 9.47 Å². The molecule has 34 heavy (non-hydrogen) atoms. The van der Waals surface area contributed by atoms with Crippen LogP contribution in [0.1, 0.15) is 51.0 Å². The minimum Gasteiger partial charge on any atom is -0.382 e. The molecule has 5 rings (SSSR count). The predicted molar refractivity (Wildman–Crippen MR) is 135 cm³/mol. The molecule has 2 saturated carbocycles. The van der Waals surface area contributed by atoms with Crippen molar-refractivity contribution in [3.8, 4) is 0 Å². The summed E-state index contributed by atoms with van der Waals surface area (Å²) in [5.41, 5.74) is 1.70. The summed E-state index contributed by atoms with van der Waals surface area (Å²) in [7, 11) is 1.73. The summed E-state index contributed by atoms with van der Waals surface area (Å²) in [6.07, 6.45) is 9.26. The largest absolute Gasteiger partial charge is 0.382 e. The van der Waals surface area contributed by atoms with Crippen LogP contribution < -0.4 is 15.8 Å². The molecule has 3 aliphatic rings. The van der Waals surface area contributed by atoms with E-state index in [4.69, 9.17) is 21.1 Å². The van der Waals surface area contributed by atoms with Gasteiger partial charge >= 0.3 is 0 Å². The Kier molecular flexibility index (Phi) is 7.42. The molecule has 0 amide bonds. The highest BCUT2D eigenvalue weighted by Gasteiger charge is 2.36. The number of benzene rings is 1. The summed E-state index contributed by atoms with van der Waals surface area (Å²) in [5, 5.41) is 8.04. The molecule has 1 saturated heterocycles. The zero-order valence-corrected chi connectivity index (χ0v) is 20.6. The molecule has 0 bridgehead atoms. The second-order valence-corrected chi connectivity index (χ2v) is 10.2. The summed E-state index contributed by atoms with van der Waals surface area (Å²) in [6, 6.07) is 12.0. The Balaban J connectivity index is 1.22. The first kappa shape index (κ1) is 23.6. The second kappa shape index (κ2) is 10.7. The van der Waals surface area contributed by atoms with Gasteiger partial charge in [0.15, 0.2) is 0 Å². The van der Waals surface area contributed by atoms with E-state index in [9.17, 15) is 4.79 Å². The van der Waals surface area contributed by atoms with Gasteiger partial charge in [-0.2, -0.15) is 5.10 Å². The van der Waals surface area contributed by atoms with Crippen molar-refractivity contribution in [2.75, 3.05) is 37.1 Å². The lowest BCUT2D eigenvalue weighted by Crippen LogP contribution is -2.41. The van der Waals surface area contributed by atoms with Crippen LogP contribution in [-0.2, 0) is 9.47 Å². The third-order valence-corrected chi connectivity index (χ3v) is 7.97. The molecule has 2 aliphatic carbocycles. The van der Waals surface area contributed by atoms with Crippen LogP contribution in [0.4, 0.5) is 11.4 Å². The van der Waals surface area contributed by atoms with E-state index in [1.165, 1.54) is 18.5 Å². The maximum atomic E-state index is 13.1. The summed E-state index contributed by atoms with van der Waals surface area (Å²) in [6.45, 7) is 1.99. The second-order valence-electron chi connectivity index (χ2n) is 9.84. The normalized spacial score (nSPS) is 27.4. The van der Waals surface area contributed by atoms with Crippen LogP contribution in [0.3, 0.4) is 0 Å². The van der Waals surface area contributed by atoms with Crippen LogP contribution in [0, 0.1) is 5.92 Å². The number of methoxy groups -OCH3 is 1. The monoisotopic (exact) mass is 486 g/mol.